The summed E-state index contributed by atoms with van der Waals surface area (Å²) in [7, 11) is 0. The molecule has 74 valence electrons. The first-order valence-electron chi connectivity index (χ1n) is 4.56. The minimum absolute atomic E-state index is 0.0468. The van der Waals surface area contributed by atoms with Gasteiger partial charge in [-0.2, -0.15) is 0 Å². The van der Waals surface area contributed by atoms with Gasteiger partial charge in [0, 0.05) is 23.4 Å². The quantitative estimate of drug-likeness (QED) is 0.682. The first-order chi connectivity index (χ1) is 6.70. The molecule has 0 aromatic heterocycles. The van der Waals surface area contributed by atoms with E-state index in [-0.39, 0.29) is 23.6 Å². The standard InChI is InChI=1S/C10H9F2NO/c11-5-1-2-6(12)10-8(5)7-4(3-14-10)9(7)13/h1-2,4,7,9H,3,13H2. The molecule has 0 saturated heterocycles. The van der Waals surface area contributed by atoms with E-state index < -0.39 is 11.6 Å². The van der Waals surface area contributed by atoms with Crippen LogP contribution in [-0.4, -0.2) is 12.6 Å². The van der Waals surface area contributed by atoms with E-state index in [1.807, 2.05) is 0 Å². The molecule has 1 aliphatic carbocycles. The van der Waals surface area contributed by atoms with Crippen LogP contribution in [0.4, 0.5) is 8.78 Å². The van der Waals surface area contributed by atoms with E-state index in [9.17, 15) is 8.78 Å². The van der Waals surface area contributed by atoms with Crippen LogP contribution in [0.1, 0.15) is 11.5 Å². The molecule has 1 aliphatic heterocycles. The summed E-state index contributed by atoms with van der Waals surface area (Å²) in [4.78, 5) is 0. The lowest BCUT2D eigenvalue weighted by Crippen LogP contribution is -2.11. The molecule has 1 fully saturated rings. The van der Waals surface area contributed by atoms with Crippen LogP contribution in [0, 0.1) is 17.6 Å². The van der Waals surface area contributed by atoms with Gasteiger partial charge in [0.2, 0.25) is 0 Å². The molecular weight excluding hydrogens is 188 g/mol. The summed E-state index contributed by atoms with van der Waals surface area (Å²) in [5.74, 6) is -0.740. The Morgan fingerprint density at radius 3 is 2.79 bits per heavy atom. The Labute approximate surface area is 79.7 Å². The number of fused-ring (bicyclic) bond motifs is 3. The highest BCUT2D eigenvalue weighted by Crippen LogP contribution is 2.54. The van der Waals surface area contributed by atoms with E-state index in [1.165, 1.54) is 0 Å². The van der Waals surface area contributed by atoms with Gasteiger partial charge in [-0.15, -0.1) is 0 Å². The summed E-state index contributed by atoms with van der Waals surface area (Å²) in [5, 5.41) is 0. The third kappa shape index (κ3) is 0.865. The summed E-state index contributed by atoms with van der Waals surface area (Å²) in [6.07, 6.45) is 0. The van der Waals surface area contributed by atoms with E-state index in [0.717, 1.165) is 12.1 Å². The highest BCUT2D eigenvalue weighted by atomic mass is 19.1. The van der Waals surface area contributed by atoms with E-state index in [1.54, 1.807) is 0 Å². The van der Waals surface area contributed by atoms with Crippen molar-refractivity contribution in [1.29, 1.82) is 0 Å². The Kier molecular flexibility index (Phi) is 1.43. The highest BCUT2D eigenvalue weighted by Gasteiger charge is 2.54. The van der Waals surface area contributed by atoms with Gasteiger partial charge in [0.15, 0.2) is 11.6 Å². The Balaban J connectivity index is 2.19. The fourth-order valence-electron chi connectivity index (χ4n) is 2.21. The molecule has 3 unspecified atom stereocenters. The van der Waals surface area contributed by atoms with Crippen molar-refractivity contribution in [3.8, 4) is 5.75 Å². The largest absolute Gasteiger partial charge is 0.490 e. The molecule has 2 nitrogen and oxygen atoms in total. The maximum absolute atomic E-state index is 13.4. The Bertz CT molecular complexity index is 407. The van der Waals surface area contributed by atoms with Crippen LogP contribution >= 0.6 is 0 Å². The predicted molar refractivity (Wildman–Crippen MR) is 46.1 cm³/mol. The van der Waals surface area contributed by atoms with Crippen molar-refractivity contribution >= 4 is 0 Å². The molecule has 0 spiro atoms. The maximum atomic E-state index is 13.4. The molecule has 2 aliphatic rings. The van der Waals surface area contributed by atoms with Crippen molar-refractivity contribution < 1.29 is 13.5 Å². The van der Waals surface area contributed by atoms with E-state index in [0.29, 0.717) is 12.2 Å². The molecule has 1 aromatic carbocycles. The van der Waals surface area contributed by atoms with Crippen LogP contribution in [0.3, 0.4) is 0 Å². The first-order valence-corrected chi connectivity index (χ1v) is 4.56. The molecule has 1 aromatic rings. The van der Waals surface area contributed by atoms with Gasteiger partial charge in [0.1, 0.15) is 5.82 Å². The van der Waals surface area contributed by atoms with Crippen LogP contribution < -0.4 is 10.5 Å². The third-order valence-electron chi connectivity index (χ3n) is 3.08. The van der Waals surface area contributed by atoms with E-state index in [2.05, 4.69) is 0 Å². The van der Waals surface area contributed by atoms with Crippen molar-refractivity contribution in [1.82, 2.24) is 0 Å². The summed E-state index contributed by atoms with van der Waals surface area (Å²) in [6.45, 7) is 0.402. The van der Waals surface area contributed by atoms with Gasteiger partial charge in [-0.1, -0.05) is 0 Å². The molecule has 0 radical (unpaired) electrons. The predicted octanol–water partition coefficient (Wildman–Crippen LogP) is 1.40. The van der Waals surface area contributed by atoms with Crippen LogP contribution in [0.2, 0.25) is 0 Å². The second-order valence-corrected chi connectivity index (χ2v) is 3.85. The van der Waals surface area contributed by atoms with Gasteiger partial charge in [0.25, 0.3) is 0 Å². The van der Waals surface area contributed by atoms with Gasteiger partial charge in [0.05, 0.1) is 6.61 Å². The highest BCUT2D eigenvalue weighted by molar-refractivity contribution is 5.46. The minimum atomic E-state index is -0.501. The SMILES string of the molecule is NC1C2COc3c(F)ccc(F)c3C12. The number of hydrogen-bond acceptors (Lipinski definition) is 2. The summed E-state index contributed by atoms with van der Waals surface area (Å²) >= 11 is 0. The maximum Gasteiger partial charge on any atom is 0.165 e. The van der Waals surface area contributed by atoms with Crippen molar-refractivity contribution in [2.75, 3.05) is 6.61 Å². The zero-order chi connectivity index (χ0) is 9.87. The van der Waals surface area contributed by atoms with Crippen molar-refractivity contribution in [3.05, 3.63) is 29.3 Å². The molecule has 1 heterocycles. The molecule has 14 heavy (non-hydrogen) atoms. The number of halogens is 2. The zero-order valence-corrected chi connectivity index (χ0v) is 7.34. The second kappa shape index (κ2) is 2.45. The van der Waals surface area contributed by atoms with Crippen LogP contribution in [0.15, 0.2) is 12.1 Å². The van der Waals surface area contributed by atoms with Gasteiger partial charge in [-0.25, -0.2) is 8.78 Å². The third-order valence-corrected chi connectivity index (χ3v) is 3.08. The molecule has 4 heteroatoms. The minimum Gasteiger partial charge on any atom is -0.490 e. The molecule has 3 atom stereocenters. The van der Waals surface area contributed by atoms with Gasteiger partial charge in [-0.05, 0) is 12.1 Å². The Morgan fingerprint density at radius 2 is 2.00 bits per heavy atom. The molecule has 0 amide bonds. The molecule has 0 bridgehead atoms. The average molecular weight is 197 g/mol. The lowest BCUT2D eigenvalue weighted by atomic mass is 10.0. The van der Waals surface area contributed by atoms with Crippen LogP contribution in [0.25, 0.3) is 0 Å². The topological polar surface area (TPSA) is 35.2 Å². The van der Waals surface area contributed by atoms with E-state index >= 15 is 0 Å². The number of nitrogens with two attached hydrogens (primary N) is 1. The molecule has 3 rings (SSSR count). The molecule has 2 N–H and O–H groups in total. The summed E-state index contributed by atoms with van der Waals surface area (Å²) < 4.78 is 31.8. The van der Waals surface area contributed by atoms with Crippen molar-refractivity contribution in [3.63, 3.8) is 0 Å². The monoisotopic (exact) mass is 197 g/mol. The number of rotatable bonds is 0. The van der Waals surface area contributed by atoms with Gasteiger partial charge >= 0.3 is 0 Å². The number of benzene rings is 1. The van der Waals surface area contributed by atoms with Crippen molar-refractivity contribution in [2.24, 2.45) is 11.7 Å². The van der Waals surface area contributed by atoms with E-state index in [4.69, 9.17) is 10.5 Å². The van der Waals surface area contributed by atoms with Gasteiger partial charge < -0.3 is 10.5 Å². The molecule has 1 saturated carbocycles. The lowest BCUT2D eigenvalue weighted by Gasteiger charge is -2.16. The fourth-order valence-corrected chi connectivity index (χ4v) is 2.21. The smallest absolute Gasteiger partial charge is 0.165 e. The Morgan fingerprint density at radius 1 is 1.29 bits per heavy atom. The second-order valence-electron chi connectivity index (χ2n) is 3.85. The van der Waals surface area contributed by atoms with Crippen molar-refractivity contribution in [2.45, 2.75) is 12.0 Å². The lowest BCUT2D eigenvalue weighted by molar-refractivity contribution is 0.260. The van der Waals surface area contributed by atoms with Gasteiger partial charge in [-0.3, -0.25) is 0 Å². The summed E-state index contributed by atoms with van der Waals surface area (Å²) in [5.41, 5.74) is 6.06. The van der Waals surface area contributed by atoms with Crippen LogP contribution in [0.5, 0.6) is 5.75 Å². The molecular formula is C10H9F2NO. The Hall–Kier alpha value is -1.16. The van der Waals surface area contributed by atoms with Crippen LogP contribution in [-0.2, 0) is 0 Å². The first kappa shape index (κ1) is 8.17. The number of ether oxygens (including phenoxy) is 1. The average Bonchev–Trinajstić information content (AvgIpc) is 2.84. The fraction of sp³-hybridized carbons (Fsp3) is 0.400. The normalized spacial score (nSPS) is 32.9. The number of hydrogen-bond donors (Lipinski definition) is 1. The summed E-state index contributed by atoms with van der Waals surface area (Å²) in [6, 6.07) is 2.14. The zero-order valence-electron chi connectivity index (χ0n) is 7.34.